The van der Waals surface area contributed by atoms with Crippen molar-refractivity contribution in [2.45, 2.75) is 12.3 Å². The summed E-state index contributed by atoms with van der Waals surface area (Å²) in [5.74, 6) is -1.33. The highest BCUT2D eigenvalue weighted by molar-refractivity contribution is 5.77. The summed E-state index contributed by atoms with van der Waals surface area (Å²) in [6, 6.07) is 27.5. The van der Waals surface area contributed by atoms with Gasteiger partial charge in [-0.05, 0) is 28.7 Å². The van der Waals surface area contributed by atoms with Gasteiger partial charge < -0.3 is 5.11 Å². The maximum absolute atomic E-state index is 11.8. The molecule has 23 heavy (non-hydrogen) atoms. The largest absolute Gasteiger partial charge is 0.481 e. The second kappa shape index (κ2) is 6.93. The minimum Gasteiger partial charge on any atom is -0.481 e. The van der Waals surface area contributed by atoms with Crippen LogP contribution in [0.15, 0.2) is 84.9 Å². The lowest BCUT2D eigenvalue weighted by Crippen LogP contribution is -2.14. The van der Waals surface area contributed by atoms with Crippen LogP contribution in [0.4, 0.5) is 0 Å². The third kappa shape index (κ3) is 3.49. The van der Waals surface area contributed by atoms with Gasteiger partial charge in [-0.25, -0.2) is 0 Å². The van der Waals surface area contributed by atoms with Crippen LogP contribution in [0, 0.1) is 0 Å². The number of carboxylic acids is 1. The van der Waals surface area contributed by atoms with Crippen molar-refractivity contribution in [3.63, 3.8) is 0 Å². The van der Waals surface area contributed by atoms with E-state index < -0.39 is 11.9 Å². The predicted octanol–water partition coefficient (Wildman–Crippen LogP) is 4.76. The van der Waals surface area contributed by atoms with E-state index in [2.05, 4.69) is 18.2 Å². The molecule has 1 unspecified atom stereocenters. The van der Waals surface area contributed by atoms with E-state index in [9.17, 15) is 9.90 Å². The zero-order valence-corrected chi connectivity index (χ0v) is 12.7. The lowest BCUT2D eigenvalue weighted by atomic mass is 9.88. The number of hydrogen-bond donors (Lipinski definition) is 1. The van der Waals surface area contributed by atoms with Crippen molar-refractivity contribution in [2.75, 3.05) is 0 Å². The second-order valence-electron chi connectivity index (χ2n) is 5.53. The molecule has 0 aliphatic heterocycles. The van der Waals surface area contributed by atoms with Crippen LogP contribution in [0.3, 0.4) is 0 Å². The standard InChI is InChI=1S/C21H18O2/c22-21(23)20(17-11-5-2-6-12-17)15-18-13-7-8-14-19(18)16-9-3-1-4-10-16/h1-14,20H,15H2,(H,22,23). The second-order valence-corrected chi connectivity index (χ2v) is 5.53. The highest BCUT2D eigenvalue weighted by Gasteiger charge is 2.21. The van der Waals surface area contributed by atoms with Gasteiger partial charge in [-0.2, -0.15) is 0 Å². The molecule has 1 atom stereocenters. The smallest absolute Gasteiger partial charge is 0.311 e. The SMILES string of the molecule is O=C(O)C(Cc1ccccc1-c1ccccc1)c1ccccc1. The molecule has 0 saturated carbocycles. The Hall–Kier alpha value is -2.87. The van der Waals surface area contributed by atoms with Gasteiger partial charge in [0.2, 0.25) is 0 Å². The van der Waals surface area contributed by atoms with Crippen LogP contribution in [-0.2, 0) is 11.2 Å². The molecule has 0 amide bonds. The van der Waals surface area contributed by atoms with Gasteiger partial charge in [0.05, 0.1) is 5.92 Å². The zero-order chi connectivity index (χ0) is 16.1. The van der Waals surface area contributed by atoms with Gasteiger partial charge >= 0.3 is 5.97 Å². The van der Waals surface area contributed by atoms with Crippen LogP contribution in [0.2, 0.25) is 0 Å². The molecular formula is C21H18O2. The first-order valence-corrected chi connectivity index (χ1v) is 7.67. The minimum atomic E-state index is -0.793. The van der Waals surface area contributed by atoms with E-state index in [1.54, 1.807) is 0 Å². The summed E-state index contributed by atoms with van der Waals surface area (Å²) in [6.45, 7) is 0. The fourth-order valence-corrected chi connectivity index (χ4v) is 2.85. The molecule has 3 aromatic rings. The number of carboxylic acid groups (broad SMARTS) is 1. The summed E-state index contributed by atoms with van der Waals surface area (Å²) in [4.78, 5) is 11.8. The topological polar surface area (TPSA) is 37.3 Å². The maximum atomic E-state index is 11.8. The molecule has 0 aliphatic carbocycles. The third-order valence-corrected chi connectivity index (χ3v) is 4.03. The Bertz CT molecular complexity index is 779. The van der Waals surface area contributed by atoms with Crippen molar-refractivity contribution in [2.24, 2.45) is 0 Å². The molecule has 3 aromatic carbocycles. The van der Waals surface area contributed by atoms with Crippen molar-refractivity contribution < 1.29 is 9.90 Å². The molecule has 2 heteroatoms. The van der Waals surface area contributed by atoms with Crippen molar-refractivity contribution in [3.8, 4) is 11.1 Å². The Morgan fingerprint density at radius 3 is 2.00 bits per heavy atom. The lowest BCUT2D eigenvalue weighted by molar-refractivity contribution is -0.138. The minimum absolute atomic E-state index is 0.477. The molecule has 0 fully saturated rings. The van der Waals surface area contributed by atoms with Gasteiger partial charge in [-0.15, -0.1) is 0 Å². The van der Waals surface area contributed by atoms with Crippen LogP contribution < -0.4 is 0 Å². The molecular weight excluding hydrogens is 284 g/mol. The number of benzene rings is 3. The van der Waals surface area contributed by atoms with Gasteiger partial charge in [0.25, 0.3) is 0 Å². The number of carbonyl (C=O) groups is 1. The summed E-state index contributed by atoms with van der Waals surface area (Å²) < 4.78 is 0. The van der Waals surface area contributed by atoms with Crippen molar-refractivity contribution in [1.29, 1.82) is 0 Å². The molecule has 2 nitrogen and oxygen atoms in total. The van der Waals surface area contributed by atoms with Crippen LogP contribution in [-0.4, -0.2) is 11.1 Å². The van der Waals surface area contributed by atoms with E-state index >= 15 is 0 Å². The summed E-state index contributed by atoms with van der Waals surface area (Å²) in [6.07, 6.45) is 0.477. The Labute approximate surface area is 136 Å². The molecule has 0 spiro atoms. The van der Waals surface area contributed by atoms with Crippen LogP contribution in [0.5, 0.6) is 0 Å². The van der Waals surface area contributed by atoms with E-state index in [-0.39, 0.29) is 0 Å². The number of aliphatic carboxylic acids is 1. The molecule has 0 bridgehead atoms. The average Bonchev–Trinajstić information content (AvgIpc) is 2.61. The molecule has 0 saturated heterocycles. The lowest BCUT2D eigenvalue weighted by Gasteiger charge is -2.16. The highest BCUT2D eigenvalue weighted by Crippen LogP contribution is 2.29. The Morgan fingerprint density at radius 2 is 1.35 bits per heavy atom. The summed E-state index contributed by atoms with van der Waals surface area (Å²) >= 11 is 0. The maximum Gasteiger partial charge on any atom is 0.311 e. The van der Waals surface area contributed by atoms with Crippen LogP contribution in [0.1, 0.15) is 17.0 Å². The monoisotopic (exact) mass is 302 g/mol. The van der Waals surface area contributed by atoms with Crippen molar-refractivity contribution in [3.05, 3.63) is 96.1 Å². The first-order valence-electron chi connectivity index (χ1n) is 7.67. The number of hydrogen-bond acceptors (Lipinski definition) is 1. The normalized spacial score (nSPS) is 11.8. The van der Waals surface area contributed by atoms with Crippen LogP contribution >= 0.6 is 0 Å². The van der Waals surface area contributed by atoms with Gasteiger partial charge in [-0.3, -0.25) is 4.79 Å². The Morgan fingerprint density at radius 1 is 0.783 bits per heavy atom. The molecule has 1 N–H and O–H groups in total. The Balaban J connectivity index is 1.98. The van der Waals surface area contributed by atoms with Gasteiger partial charge in [-0.1, -0.05) is 84.9 Å². The van der Waals surface area contributed by atoms with Gasteiger partial charge in [0.15, 0.2) is 0 Å². The first-order chi connectivity index (χ1) is 11.3. The molecule has 0 radical (unpaired) electrons. The fraction of sp³-hybridized carbons (Fsp3) is 0.0952. The quantitative estimate of drug-likeness (QED) is 0.737. The molecule has 3 rings (SSSR count). The van der Waals surface area contributed by atoms with E-state index in [1.807, 2.05) is 66.7 Å². The fourth-order valence-electron chi connectivity index (χ4n) is 2.85. The predicted molar refractivity (Wildman–Crippen MR) is 92.4 cm³/mol. The van der Waals surface area contributed by atoms with Gasteiger partial charge in [0.1, 0.15) is 0 Å². The highest BCUT2D eigenvalue weighted by atomic mass is 16.4. The average molecular weight is 302 g/mol. The Kier molecular flexibility index (Phi) is 4.53. The molecule has 0 aliphatic rings. The van der Waals surface area contributed by atoms with Crippen molar-refractivity contribution >= 4 is 5.97 Å². The molecule has 114 valence electrons. The van der Waals surface area contributed by atoms with E-state index in [0.717, 1.165) is 22.3 Å². The molecule has 0 heterocycles. The van der Waals surface area contributed by atoms with E-state index in [0.29, 0.717) is 6.42 Å². The summed E-state index contributed by atoms with van der Waals surface area (Å²) in [5, 5.41) is 9.65. The van der Waals surface area contributed by atoms with Crippen LogP contribution in [0.25, 0.3) is 11.1 Å². The molecule has 0 aromatic heterocycles. The van der Waals surface area contributed by atoms with E-state index in [1.165, 1.54) is 0 Å². The number of rotatable bonds is 5. The zero-order valence-electron chi connectivity index (χ0n) is 12.7. The third-order valence-electron chi connectivity index (χ3n) is 4.03. The van der Waals surface area contributed by atoms with E-state index in [4.69, 9.17) is 0 Å². The summed E-state index contributed by atoms with van der Waals surface area (Å²) in [5.41, 5.74) is 4.09. The van der Waals surface area contributed by atoms with Crippen molar-refractivity contribution in [1.82, 2.24) is 0 Å². The van der Waals surface area contributed by atoms with Gasteiger partial charge in [0, 0.05) is 0 Å². The summed E-state index contributed by atoms with van der Waals surface area (Å²) in [7, 11) is 0. The first kappa shape index (κ1) is 15.0.